The van der Waals surface area contributed by atoms with E-state index in [1.807, 2.05) is 34.9 Å². The van der Waals surface area contributed by atoms with E-state index in [0.717, 1.165) is 51.3 Å². The van der Waals surface area contributed by atoms with Gasteiger partial charge in [-0.25, -0.2) is 9.78 Å². The van der Waals surface area contributed by atoms with Crippen molar-refractivity contribution in [3.63, 3.8) is 0 Å². The third-order valence-corrected chi connectivity index (χ3v) is 6.92. The minimum absolute atomic E-state index is 0.0646. The highest BCUT2D eigenvalue weighted by atomic mass is 16.6. The maximum atomic E-state index is 12.3. The molecular formula is C22H32N4O3. The van der Waals surface area contributed by atoms with Gasteiger partial charge in [0.25, 0.3) is 0 Å². The largest absolute Gasteiger partial charge is 0.450 e. The minimum atomic E-state index is -0.160. The number of aromatic nitrogens is 1. The van der Waals surface area contributed by atoms with Crippen LogP contribution in [0.4, 0.5) is 10.6 Å². The number of amides is 2. The van der Waals surface area contributed by atoms with E-state index in [1.54, 1.807) is 13.1 Å². The number of rotatable bonds is 4. The fraction of sp³-hybridized carbons (Fsp3) is 0.682. The molecule has 1 spiro atoms. The number of hydrogen-bond donors (Lipinski definition) is 0. The SMILES string of the molecule is CCOC(=O)N1CCC2(CC(N3CCC(N(C(C)=O)c4ccccn4)CC3)C2)C1. The van der Waals surface area contributed by atoms with Crippen molar-refractivity contribution >= 4 is 17.8 Å². The van der Waals surface area contributed by atoms with Crippen molar-refractivity contribution in [3.8, 4) is 0 Å². The molecule has 1 aromatic heterocycles. The first kappa shape index (κ1) is 20.1. The first-order valence-electron chi connectivity index (χ1n) is 10.9. The molecule has 3 aliphatic rings. The van der Waals surface area contributed by atoms with Crippen LogP contribution in [0.1, 0.15) is 46.0 Å². The summed E-state index contributed by atoms with van der Waals surface area (Å²) >= 11 is 0. The Morgan fingerprint density at radius 2 is 2.00 bits per heavy atom. The van der Waals surface area contributed by atoms with E-state index in [0.29, 0.717) is 18.1 Å². The van der Waals surface area contributed by atoms with Crippen LogP contribution in [0.3, 0.4) is 0 Å². The molecule has 2 amide bonds. The summed E-state index contributed by atoms with van der Waals surface area (Å²) in [4.78, 5) is 35.0. The molecule has 0 unspecified atom stereocenters. The first-order valence-corrected chi connectivity index (χ1v) is 10.9. The van der Waals surface area contributed by atoms with Gasteiger partial charge >= 0.3 is 6.09 Å². The summed E-state index contributed by atoms with van der Waals surface area (Å²) in [5, 5.41) is 0. The van der Waals surface area contributed by atoms with E-state index in [4.69, 9.17) is 4.74 Å². The van der Waals surface area contributed by atoms with Gasteiger partial charge in [-0.2, -0.15) is 0 Å². The topological polar surface area (TPSA) is 66.0 Å². The van der Waals surface area contributed by atoms with Gasteiger partial charge in [-0.1, -0.05) is 6.07 Å². The molecule has 0 atom stereocenters. The number of nitrogens with zero attached hydrogens (tertiary/aromatic N) is 4. The van der Waals surface area contributed by atoms with E-state index in [1.165, 1.54) is 12.8 Å². The maximum Gasteiger partial charge on any atom is 0.409 e. The fourth-order valence-electron chi connectivity index (χ4n) is 5.45. The van der Waals surface area contributed by atoms with Crippen molar-refractivity contribution in [1.29, 1.82) is 0 Å². The molecule has 1 saturated carbocycles. The van der Waals surface area contributed by atoms with Gasteiger partial charge in [0.2, 0.25) is 5.91 Å². The average molecular weight is 401 g/mol. The first-order chi connectivity index (χ1) is 14.0. The van der Waals surface area contributed by atoms with Crippen LogP contribution in [0.25, 0.3) is 0 Å². The lowest BCUT2D eigenvalue weighted by Crippen LogP contribution is -2.56. The van der Waals surface area contributed by atoms with E-state index in [2.05, 4.69) is 9.88 Å². The van der Waals surface area contributed by atoms with Crippen LogP contribution in [0.5, 0.6) is 0 Å². The van der Waals surface area contributed by atoms with Crippen LogP contribution >= 0.6 is 0 Å². The molecule has 1 aromatic rings. The van der Waals surface area contributed by atoms with E-state index in [-0.39, 0.29) is 18.0 Å². The van der Waals surface area contributed by atoms with Crippen molar-refractivity contribution in [2.75, 3.05) is 37.7 Å². The molecule has 0 N–H and O–H groups in total. The predicted molar refractivity (Wildman–Crippen MR) is 111 cm³/mol. The highest BCUT2D eigenvalue weighted by Gasteiger charge is 2.51. The molecule has 3 fully saturated rings. The molecule has 158 valence electrons. The zero-order valence-electron chi connectivity index (χ0n) is 17.5. The van der Waals surface area contributed by atoms with Crippen LogP contribution in [-0.2, 0) is 9.53 Å². The maximum absolute atomic E-state index is 12.3. The third-order valence-electron chi connectivity index (χ3n) is 6.92. The summed E-state index contributed by atoms with van der Waals surface area (Å²) in [6.45, 7) is 7.63. The van der Waals surface area contributed by atoms with Gasteiger partial charge < -0.3 is 14.5 Å². The van der Waals surface area contributed by atoms with Gasteiger partial charge in [-0.15, -0.1) is 0 Å². The summed E-state index contributed by atoms with van der Waals surface area (Å²) in [6.07, 6.45) is 6.98. The van der Waals surface area contributed by atoms with Crippen LogP contribution in [0.15, 0.2) is 24.4 Å². The third kappa shape index (κ3) is 4.10. The molecule has 7 nitrogen and oxygen atoms in total. The Kier molecular flexibility index (Phi) is 5.76. The van der Waals surface area contributed by atoms with Crippen molar-refractivity contribution in [2.45, 2.75) is 58.0 Å². The minimum Gasteiger partial charge on any atom is -0.450 e. The normalized spacial score (nSPS) is 27.7. The zero-order valence-corrected chi connectivity index (χ0v) is 17.5. The molecule has 3 heterocycles. The van der Waals surface area contributed by atoms with Crippen LogP contribution < -0.4 is 4.90 Å². The Bertz CT molecular complexity index is 727. The molecule has 0 radical (unpaired) electrons. The van der Waals surface area contributed by atoms with Crippen LogP contribution in [-0.4, -0.2) is 71.7 Å². The molecule has 0 aromatic carbocycles. The predicted octanol–water partition coefficient (Wildman–Crippen LogP) is 2.91. The number of likely N-dealkylation sites (tertiary alicyclic amines) is 2. The highest BCUT2D eigenvalue weighted by Crippen LogP contribution is 2.50. The Balaban J connectivity index is 1.28. The lowest BCUT2D eigenvalue weighted by atomic mass is 9.64. The lowest BCUT2D eigenvalue weighted by molar-refractivity contribution is -0.117. The number of carbonyl (C=O) groups is 2. The van der Waals surface area contributed by atoms with Crippen LogP contribution in [0, 0.1) is 5.41 Å². The van der Waals surface area contributed by atoms with E-state index >= 15 is 0 Å². The highest BCUT2D eigenvalue weighted by molar-refractivity contribution is 5.91. The number of anilines is 1. The monoisotopic (exact) mass is 400 g/mol. The molecule has 0 bridgehead atoms. The van der Waals surface area contributed by atoms with E-state index < -0.39 is 0 Å². The van der Waals surface area contributed by atoms with Gasteiger partial charge in [-0.3, -0.25) is 9.69 Å². The fourth-order valence-corrected chi connectivity index (χ4v) is 5.45. The molecule has 2 aliphatic heterocycles. The number of ether oxygens (including phenoxy) is 1. The Morgan fingerprint density at radius 1 is 1.24 bits per heavy atom. The standard InChI is InChI=1S/C22H32N4O3/c1-3-29-21(28)25-13-9-22(16-25)14-19(15-22)24-11-7-18(8-12-24)26(17(2)27)20-6-4-5-10-23-20/h4-6,10,18-19H,3,7-9,11-16H2,1-2H3. The van der Waals surface area contributed by atoms with Gasteiger partial charge in [0.1, 0.15) is 5.82 Å². The second kappa shape index (κ2) is 8.30. The van der Waals surface area contributed by atoms with Crippen molar-refractivity contribution in [2.24, 2.45) is 5.41 Å². The summed E-state index contributed by atoms with van der Waals surface area (Å²) in [5.74, 6) is 0.820. The van der Waals surface area contributed by atoms with Crippen molar-refractivity contribution in [3.05, 3.63) is 24.4 Å². The second-order valence-electron chi connectivity index (χ2n) is 8.78. The summed E-state index contributed by atoms with van der Waals surface area (Å²) in [6, 6.07) is 6.56. The summed E-state index contributed by atoms with van der Waals surface area (Å²) < 4.78 is 5.16. The number of hydrogen-bond acceptors (Lipinski definition) is 5. The molecule has 4 rings (SSSR count). The molecule has 7 heteroatoms. The number of carbonyl (C=O) groups excluding carboxylic acids is 2. The zero-order chi connectivity index (χ0) is 20.4. The van der Waals surface area contributed by atoms with Gasteiger partial charge in [-0.05, 0) is 56.6 Å². The van der Waals surface area contributed by atoms with Gasteiger partial charge in [0.05, 0.1) is 6.61 Å². The molecule has 29 heavy (non-hydrogen) atoms. The van der Waals surface area contributed by atoms with Crippen molar-refractivity contribution in [1.82, 2.24) is 14.8 Å². The second-order valence-corrected chi connectivity index (χ2v) is 8.78. The smallest absolute Gasteiger partial charge is 0.409 e. The average Bonchev–Trinajstić information content (AvgIpc) is 3.15. The molecular weight excluding hydrogens is 368 g/mol. The molecule has 1 aliphatic carbocycles. The summed E-state index contributed by atoms with van der Waals surface area (Å²) in [5.41, 5.74) is 0.299. The Hall–Kier alpha value is -2.15. The molecule has 2 saturated heterocycles. The van der Waals surface area contributed by atoms with Crippen LogP contribution in [0.2, 0.25) is 0 Å². The quantitative estimate of drug-likeness (QED) is 0.778. The summed E-state index contributed by atoms with van der Waals surface area (Å²) in [7, 11) is 0. The van der Waals surface area contributed by atoms with Gasteiger partial charge in [0.15, 0.2) is 0 Å². The Morgan fingerprint density at radius 3 is 2.62 bits per heavy atom. The lowest BCUT2D eigenvalue weighted by Gasteiger charge is -2.52. The van der Waals surface area contributed by atoms with E-state index in [9.17, 15) is 9.59 Å². The number of piperidine rings is 1. The van der Waals surface area contributed by atoms with Crippen molar-refractivity contribution < 1.29 is 14.3 Å². The Labute approximate surface area is 173 Å². The van der Waals surface area contributed by atoms with Gasteiger partial charge in [0, 0.05) is 51.4 Å². The number of pyridine rings is 1.